The third kappa shape index (κ3) is 2.73. The fourth-order valence-electron chi connectivity index (χ4n) is 2.65. The third-order valence-electron chi connectivity index (χ3n) is 3.68. The molecular formula is C12H20N2O4S. The summed E-state index contributed by atoms with van der Waals surface area (Å²) >= 11 is 1.65. The van der Waals surface area contributed by atoms with Gasteiger partial charge in [0.25, 0.3) is 0 Å². The monoisotopic (exact) mass is 288 g/mol. The number of aliphatic hydroxyl groups excluding tert-OH is 1. The van der Waals surface area contributed by atoms with Crippen LogP contribution in [0.2, 0.25) is 0 Å². The predicted octanol–water partition coefficient (Wildman–Crippen LogP) is -0.436. The number of aliphatic hydroxyl groups is 1. The second kappa shape index (κ2) is 5.68. The lowest BCUT2D eigenvalue weighted by Crippen LogP contribution is -2.53. The molecule has 0 aliphatic carbocycles. The number of hydrogen-bond donors (Lipinski definition) is 2. The minimum absolute atomic E-state index is 0.0416. The van der Waals surface area contributed by atoms with Crippen molar-refractivity contribution in [3.63, 3.8) is 0 Å². The van der Waals surface area contributed by atoms with Crippen LogP contribution in [0.25, 0.3) is 0 Å². The summed E-state index contributed by atoms with van der Waals surface area (Å²) in [6.07, 6.45) is 1.30. The van der Waals surface area contributed by atoms with E-state index in [2.05, 4.69) is 5.32 Å². The molecule has 2 saturated heterocycles. The number of nitrogens with one attached hydrogen (secondary N) is 1. The summed E-state index contributed by atoms with van der Waals surface area (Å²) in [6.45, 7) is 2.09. The average Bonchev–Trinajstić information content (AvgIpc) is 2.86. The quantitative estimate of drug-likeness (QED) is 0.717. The Kier molecular flexibility index (Phi) is 4.37. The molecule has 0 aromatic carbocycles. The van der Waals surface area contributed by atoms with E-state index in [9.17, 15) is 9.59 Å². The van der Waals surface area contributed by atoms with Crippen LogP contribution in [0.1, 0.15) is 19.8 Å². The Morgan fingerprint density at radius 3 is 3.11 bits per heavy atom. The van der Waals surface area contributed by atoms with Crippen molar-refractivity contribution in [1.82, 2.24) is 10.2 Å². The molecule has 2 N–H and O–H groups in total. The normalized spacial score (nSPS) is 31.4. The average molecular weight is 288 g/mol. The maximum absolute atomic E-state index is 12.2. The number of fused-ring (bicyclic) bond motifs is 1. The Labute approximate surface area is 116 Å². The minimum atomic E-state index is -0.434. The van der Waals surface area contributed by atoms with Crippen LogP contribution in [0.15, 0.2) is 0 Å². The van der Waals surface area contributed by atoms with Crippen molar-refractivity contribution < 1.29 is 19.4 Å². The van der Waals surface area contributed by atoms with Gasteiger partial charge in [0.05, 0.1) is 24.1 Å². The van der Waals surface area contributed by atoms with Gasteiger partial charge in [0.15, 0.2) is 0 Å². The number of carbonyl (C=O) groups is 2. The van der Waals surface area contributed by atoms with Crippen LogP contribution in [-0.2, 0) is 14.3 Å². The summed E-state index contributed by atoms with van der Waals surface area (Å²) in [5.74, 6) is 0.446. The SMILES string of the molecule is COC[C@H](CO)NC(=O)[C@@H]1CS[C@@]2(C)CCC(=O)N12. The second-order valence-electron chi connectivity index (χ2n) is 5.11. The number of carbonyl (C=O) groups excluding carboxylic acids is 2. The minimum Gasteiger partial charge on any atom is -0.394 e. The number of hydrogen-bond acceptors (Lipinski definition) is 5. The van der Waals surface area contributed by atoms with Crippen LogP contribution in [0, 0.1) is 0 Å². The number of methoxy groups -OCH3 is 1. The van der Waals surface area contributed by atoms with E-state index in [-0.39, 0.29) is 29.9 Å². The molecule has 0 spiro atoms. The second-order valence-corrected chi connectivity index (χ2v) is 6.61. The number of rotatable bonds is 5. The van der Waals surface area contributed by atoms with Crippen molar-refractivity contribution in [2.24, 2.45) is 0 Å². The Morgan fingerprint density at radius 1 is 1.74 bits per heavy atom. The lowest BCUT2D eigenvalue weighted by Gasteiger charge is -2.30. The van der Waals surface area contributed by atoms with Crippen LogP contribution in [0.5, 0.6) is 0 Å². The van der Waals surface area contributed by atoms with Crippen molar-refractivity contribution in [1.29, 1.82) is 0 Å². The van der Waals surface area contributed by atoms with E-state index in [4.69, 9.17) is 9.84 Å². The van der Waals surface area contributed by atoms with Gasteiger partial charge in [-0.05, 0) is 13.3 Å². The molecule has 0 unspecified atom stereocenters. The van der Waals surface area contributed by atoms with Gasteiger partial charge in [-0.3, -0.25) is 9.59 Å². The highest BCUT2D eigenvalue weighted by Gasteiger charge is 2.52. The van der Waals surface area contributed by atoms with Gasteiger partial charge in [0, 0.05) is 19.3 Å². The van der Waals surface area contributed by atoms with Crippen molar-refractivity contribution in [2.45, 2.75) is 36.7 Å². The molecule has 3 atom stereocenters. The third-order valence-corrected chi connectivity index (χ3v) is 5.19. The van der Waals surface area contributed by atoms with Crippen LogP contribution < -0.4 is 5.32 Å². The number of thioether (sulfide) groups is 1. The van der Waals surface area contributed by atoms with Crippen molar-refractivity contribution >= 4 is 23.6 Å². The molecule has 108 valence electrons. The Balaban J connectivity index is 2.02. The highest BCUT2D eigenvalue weighted by atomic mass is 32.2. The molecule has 2 heterocycles. The van der Waals surface area contributed by atoms with Gasteiger partial charge in [-0.2, -0.15) is 0 Å². The fourth-order valence-corrected chi connectivity index (χ4v) is 4.09. The molecule has 2 aliphatic heterocycles. The van der Waals surface area contributed by atoms with Crippen LogP contribution in [-0.4, -0.2) is 64.9 Å². The summed E-state index contributed by atoms with van der Waals surface area (Å²) in [4.78, 5) is 25.6. The van der Waals surface area contributed by atoms with E-state index in [1.165, 1.54) is 7.11 Å². The van der Waals surface area contributed by atoms with Crippen LogP contribution in [0.3, 0.4) is 0 Å². The summed E-state index contributed by atoms with van der Waals surface area (Å²) in [6, 6.07) is -0.858. The zero-order valence-corrected chi connectivity index (χ0v) is 12.0. The van der Waals surface area contributed by atoms with Gasteiger partial charge in [-0.1, -0.05) is 0 Å². The Bertz CT molecular complexity index is 379. The first-order valence-electron chi connectivity index (χ1n) is 6.38. The molecule has 2 aliphatic rings. The smallest absolute Gasteiger partial charge is 0.244 e. The molecule has 19 heavy (non-hydrogen) atoms. The highest BCUT2D eigenvalue weighted by Crippen LogP contribution is 2.47. The topological polar surface area (TPSA) is 78.9 Å². The van der Waals surface area contributed by atoms with Crippen LogP contribution in [0.4, 0.5) is 0 Å². The van der Waals surface area contributed by atoms with Gasteiger partial charge in [-0.25, -0.2) is 0 Å². The van der Waals surface area contributed by atoms with E-state index in [0.29, 0.717) is 12.2 Å². The van der Waals surface area contributed by atoms with Crippen molar-refractivity contribution in [2.75, 3.05) is 26.1 Å². The van der Waals surface area contributed by atoms with E-state index in [0.717, 1.165) is 6.42 Å². The lowest BCUT2D eigenvalue weighted by atomic mass is 10.2. The van der Waals surface area contributed by atoms with E-state index in [1.54, 1.807) is 16.7 Å². The molecule has 7 heteroatoms. The molecule has 2 fully saturated rings. The first-order valence-corrected chi connectivity index (χ1v) is 7.36. The Morgan fingerprint density at radius 2 is 2.47 bits per heavy atom. The Hall–Kier alpha value is -0.790. The number of nitrogens with zero attached hydrogens (tertiary/aromatic N) is 1. The molecule has 0 aromatic heterocycles. The van der Waals surface area contributed by atoms with E-state index >= 15 is 0 Å². The van der Waals surface area contributed by atoms with Gasteiger partial charge in [0.1, 0.15) is 6.04 Å². The molecule has 0 saturated carbocycles. The van der Waals surface area contributed by atoms with Gasteiger partial charge in [-0.15, -0.1) is 11.8 Å². The molecule has 0 radical (unpaired) electrons. The van der Waals surface area contributed by atoms with Crippen LogP contribution >= 0.6 is 11.8 Å². The molecule has 0 aromatic rings. The first kappa shape index (κ1) is 14.6. The standard InChI is InChI=1S/C12H20N2O4S/c1-12-4-3-10(16)14(12)9(7-19-12)11(17)13-8(5-15)6-18-2/h8-9,15H,3-7H2,1-2H3,(H,13,17)/t8-,9-,12-/m0/s1. The fraction of sp³-hybridized carbons (Fsp3) is 0.833. The summed E-state index contributed by atoms with van der Waals surface area (Å²) in [5, 5.41) is 11.9. The number of ether oxygens (including phenoxy) is 1. The van der Waals surface area contributed by atoms with E-state index < -0.39 is 12.1 Å². The first-order chi connectivity index (χ1) is 9.01. The molecule has 6 nitrogen and oxygen atoms in total. The summed E-state index contributed by atoms with van der Waals surface area (Å²) in [5.41, 5.74) is 0. The highest BCUT2D eigenvalue weighted by molar-refractivity contribution is 8.01. The zero-order valence-electron chi connectivity index (χ0n) is 11.2. The van der Waals surface area contributed by atoms with E-state index in [1.807, 2.05) is 6.92 Å². The largest absolute Gasteiger partial charge is 0.394 e. The molecular weight excluding hydrogens is 268 g/mol. The van der Waals surface area contributed by atoms with Gasteiger partial charge >= 0.3 is 0 Å². The van der Waals surface area contributed by atoms with Gasteiger partial charge < -0.3 is 20.1 Å². The van der Waals surface area contributed by atoms with Gasteiger partial charge in [0.2, 0.25) is 11.8 Å². The lowest BCUT2D eigenvalue weighted by molar-refractivity contribution is -0.138. The molecule has 2 rings (SSSR count). The van der Waals surface area contributed by atoms with Crippen molar-refractivity contribution in [3.05, 3.63) is 0 Å². The molecule has 2 amide bonds. The molecule has 0 bridgehead atoms. The van der Waals surface area contributed by atoms with Crippen molar-refractivity contribution in [3.8, 4) is 0 Å². The number of amides is 2. The summed E-state index contributed by atoms with van der Waals surface area (Å²) in [7, 11) is 1.52. The maximum Gasteiger partial charge on any atom is 0.244 e. The predicted molar refractivity (Wildman–Crippen MR) is 71.6 cm³/mol. The zero-order chi connectivity index (χ0) is 14.0. The maximum atomic E-state index is 12.2. The summed E-state index contributed by atoms with van der Waals surface area (Å²) < 4.78 is 4.93.